The summed E-state index contributed by atoms with van der Waals surface area (Å²) in [5.41, 5.74) is 1.56. The largest absolute Gasteiger partial charge is 0.493 e. The zero-order valence-electron chi connectivity index (χ0n) is 19.2. The lowest BCUT2D eigenvalue weighted by Gasteiger charge is -2.15. The fourth-order valence-electron chi connectivity index (χ4n) is 2.94. The van der Waals surface area contributed by atoms with Crippen LogP contribution < -0.4 is 19.5 Å². The van der Waals surface area contributed by atoms with Crippen molar-refractivity contribution < 1.29 is 33.3 Å². The van der Waals surface area contributed by atoms with Crippen molar-refractivity contribution in [2.45, 2.75) is 33.3 Å². The molecule has 172 valence electrons. The van der Waals surface area contributed by atoms with Crippen LogP contribution in [0, 0.1) is 5.92 Å². The monoisotopic (exact) mass is 443 g/mol. The Kier molecular flexibility index (Phi) is 8.63. The number of carbonyl (C=O) groups is 3. The van der Waals surface area contributed by atoms with Gasteiger partial charge in [-0.05, 0) is 48.9 Å². The second kappa shape index (κ2) is 11.2. The number of nitrogens with one attached hydrogen (secondary N) is 1. The Labute approximate surface area is 187 Å². The zero-order valence-corrected chi connectivity index (χ0v) is 19.2. The van der Waals surface area contributed by atoms with E-state index in [2.05, 4.69) is 5.32 Å². The van der Waals surface area contributed by atoms with Gasteiger partial charge in [-0.3, -0.25) is 14.4 Å². The van der Waals surface area contributed by atoms with Crippen LogP contribution in [0.25, 0.3) is 0 Å². The molecule has 0 heterocycles. The van der Waals surface area contributed by atoms with E-state index < -0.39 is 12.1 Å². The highest BCUT2D eigenvalue weighted by Gasteiger charge is 2.21. The number of rotatable bonds is 10. The second-order valence-electron chi connectivity index (χ2n) is 7.43. The molecule has 8 nitrogen and oxygen atoms in total. The van der Waals surface area contributed by atoms with E-state index in [4.69, 9.17) is 18.9 Å². The molecule has 0 spiro atoms. The Morgan fingerprint density at radius 1 is 0.875 bits per heavy atom. The SMILES string of the molecule is COc1cc(CC(=O)OC(C)C(=O)c2ccc(NC(=O)C(C)C)cc2)cc(OC)c1OC. The minimum atomic E-state index is -0.972. The Hall–Kier alpha value is -3.55. The predicted octanol–water partition coefficient (Wildman–Crippen LogP) is 3.66. The van der Waals surface area contributed by atoms with Gasteiger partial charge in [0, 0.05) is 17.2 Å². The molecule has 2 rings (SSSR count). The molecule has 1 unspecified atom stereocenters. The van der Waals surface area contributed by atoms with E-state index in [-0.39, 0.29) is 24.0 Å². The van der Waals surface area contributed by atoms with Crippen molar-refractivity contribution in [3.63, 3.8) is 0 Å². The van der Waals surface area contributed by atoms with E-state index in [9.17, 15) is 14.4 Å². The van der Waals surface area contributed by atoms with Crippen LogP contribution in [0.15, 0.2) is 36.4 Å². The molecule has 0 saturated carbocycles. The van der Waals surface area contributed by atoms with Crippen molar-refractivity contribution in [3.05, 3.63) is 47.5 Å². The van der Waals surface area contributed by atoms with E-state index in [1.807, 2.05) is 0 Å². The third-order valence-corrected chi connectivity index (χ3v) is 4.71. The highest BCUT2D eigenvalue weighted by molar-refractivity contribution is 6.01. The molecule has 0 aliphatic carbocycles. The van der Waals surface area contributed by atoms with Gasteiger partial charge in [-0.15, -0.1) is 0 Å². The molecule has 0 radical (unpaired) electrons. The lowest BCUT2D eigenvalue weighted by molar-refractivity contribution is -0.145. The maximum atomic E-state index is 12.6. The molecule has 1 atom stereocenters. The van der Waals surface area contributed by atoms with Crippen LogP contribution >= 0.6 is 0 Å². The average Bonchev–Trinajstić information content (AvgIpc) is 2.77. The summed E-state index contributed by atoms with van der Waals surface area (Å²) in [6, 6.07) is 9.75. The summed E-state index contributed by atoms with van der Waals surface area (Å²) in [4.78, 5) is 36.8. The molecular formula is C24H29NO7. The molecule has 0 aromatic heterocycles. The van der Waals surface area contributed by atoms with Crippen molar-refractivity contribution in [2.24, 2.45) is 5.92 Å². The van der Waals surface area contributed by atoms with Crippen LogP contribution in [-0.2, 0) is 20.7 Å². The first-order chi connectivity index (χ1) is 15.2. The van der Waals surface area contributed by atoms with E-state index >= 15 is 0 Å². The minimum absolute atomic E-state index is 0.0749. The Morgan fingerprint density at radius 3 is 1.91 bits per heavy atom. The van der Waals surface area contributed by atoms with Gasteiger partial charge in [-0.25, -0.2) is 0 Å². The number of esters is 1. The number of ketones is 1. The van der Waals surface area contributed by atoms with E-state index in [1.54, 1.807) is 50.2 Å². The fraction of sp³-hybridized carbons (Fsp3) is 0.375. The number of hydrogen-bond donors (Lipinski definition) is 1. The molecule has 2 aromatic rings. The summed E-state index contributed by atoms with van der Waals surface area (Å²) in [7, 11) is 4.46. The Morgan fingerprint density at radius 2 is 1.44 bits per heavy atom. The average molecular weight is 443 g/mol. The first-order valence-corrected chi connectivity index (χ1v) is 10.1. The summed E-state index contributed by atoms with van der Waals surface area (Å²) >= 11 is 0. The third kappa shape index (κ3) is 6.23. The number of ether oxygens (including phenoxy) is 4. The van der Waals surface area contributed by atoms with Gasteiger partial charge in [0.15, 0.2) is 17.6 Å². The molecule has 0 aliphatic heterocycles. The second-order valence-corrected chi connectivity index (χ2v) is 7.43. The van der Waals surface area contributed by atoms with E-state index in [0.29, 0.717) is 34.1 Å². The summed E-state index contributed by atoms with van der Waals surface area (Å²) in [5.74, 6) is 0.0843. The first kappa shape index (κ1) is 24.7. The maximum Gasteiger partial charge on any atom is 0.310 e. The maximum absolute atomic E-state index is 12.6. The summed E-state index contributed by atoms with van der Waals surface area (Å²) in [6.07, 6.45) is -1.05. The predicted molar refractivity (Wildman–Crippen MR) is 120 cm³/mol. The summed E-state index contributed by atoms with van der Waals surface area (Å²) < 4.78 is 21.2. The number of Topliss-reactive ketones (excluding diaryl/α,β-unsaturated/α-hetero) is 1. The number of carbonyl (C=O) groups excluding carboxylic acids is 3. The number of benzene rings is 2. The van der Waals surface area contributed by atoms with Crippen molar-refractivity contribution in [1.82, 2.24) is 0 Å². The third-order valence-electron chi connectivity index (χ3n) is 4.71. The highest BCUT2D eigenvalue weighted by Crippen LogP contribution is 2.38. The van der Waals surface area contributed by atoms with Gasteiger partial charge in [0.25, 0.3) is 0 Å². The zero-order chi connectivity index (χ0) is 23.8. The van der Waals surface area contributed by atoms with Crippen molar-refractivity contribution >= 4 is 23.3 Å². The quantitative estimate of drug-likeness (QED) is 0.442. The van der Waals surface area contributed by atoms with Crippen molar-refractivity contribution in [3.8, 4) is 17.2 Å². The molecular weight excluding hydrogens is 414 g/mol. The number of anilines is 1. The van der Waals surface area contributed by atoms with Crippen LogP contribution in [0.5, 0.6) is 17.2 Å². The van der Waals surface area contributed by atoms with Crippen LogP contribution in [0.3, 0.4) is 0 Å². The molecule has 32 heavy (non-hydrogen) atoms. The molecule has 0 bridgehead atoms. The Balaban J connectivity index is 2.03. The van der Waals surface area contributed by atoms with Gasteiger partial charge in [-0.1, -0.05) is 13.8 Å². The minimum Gasteiger partial charge on any atom is -0.493 e. The van der Waals surface area contributed by atoms with E-state index in [0.717, 1.165) is 0 Å². The van der Waals surface area contributed by atoms with Crippen molar-refractivity contribution in [2.75, 3.05) is 26.6 Å². The van der Waals surface area contributed by atoms with Crippen LogP contribution in [0.1, 0.15) is 36.7 Å². The van der Waals surface area contributed by atoms with Crippen LogP contribution in [-0.4, -0.2) is 45.1 Å². The molecule has 0 fully saturated rings. The van der Waals surface area contributed by atoms with Gasteiger partial charge >= 0.3 is 5.97 Å². The van der Waals surface area contributed by atoms with Crippen LogP contribution in [0.2, 0.25) is 0 Å². The van der Waals surface area contributed by atoms with Gasteiger partial charge in [0.1, 0.15) is 0 Å². The number of hydrogen-bond acceptors (Lipinski definition) is 7. The fourth-order valence-corrected chi connectivity index (χ4v) is 2.94. The van der Waals surface area contributed by atoms with Gasteiger partial charge in [-0.2, -0.15) is 0 Å². The Bertz CT molecular complexity index is 942. The molecule has 0 saturated heterocycles. The topological polar surface area (TPSA) is 100 Å². The normalized spacial score (nSPS) is 11.5. The standard InChI is InChI=1S/C24H29NO7/c1-14(2)24(28)25-18-9-7-17(8-10-18)22(27)15(3)32-21(26)13-16-11-19(29-4)23(31-6)20(12-16)30-5/h7-12,14-15H,13H2,1-6H3,(H,25,28). The first-order valence-electron chi connectivity index (χ1n) is 10.1. The summed E-state index contributed by atoms with van der Waals surface area (Å²) in [6.45, 7) is 5.10. The molecule has 2 aromatic carbocycles. The lowest BCUT2D eigenvalue weighted by Crippen LogP contribution is -2.25. The number of methoxy groups -OCH3 is 3. The highest BCUT2D eigenvalue weighted by atomic mass is 16.5. The molecule has 8 heteroatoms. The molecule has 0 aliphatic rings. The lowest BCUT2D eigenvalue weighted by atomic mass is 10.1. The smallest absolute Gasteiger partial charge is 0.310 e. The molecule has 1 amide bonds. The van der Waals surface area contributed by atoms with E-state index in [1.165, 1.54) is 28.3 Å². The van der Waals surface area contributed by atoms with Gasteiger partial charge < -0.3 is 24.3 Å². The summed E-state index contributed by atoms with van der Waals surface area (Å²) in [5, 5.41) is 2.76. The van der Waals surface area contributed by atoms with Crippen LogP contribution in [0.4, 0.5) is 5.69 Å². The molecule has 1 N–H and O–H groups in total. The van der Waals surface area contributed by atoms with Crippen molar-refractivity contribution in [1.29, 1.82) is 0 Å². The van der Waals surface area contributed by atoms with Gasteiger partial charge in [0.05, 0.1) is 27.8 Å². The van der Waals surface area contributed by atoms with Gasteiger partial charge in [0.2, 0.25) is 17.4 Å². The number of amides is 1.